The van der Waals surface area contributed by atoms with E-state index in [2.05, 4.69) is 0 Å². The number of allylic oxidation sites excluding steroid dienone is 2. The van der Waals surface area contributed by atoms with E-state index in [0.29, 0.717) is 12.8 Å². The quantitative estimate of drug-likeness (QED) is 0.717. The van der Waals surface area contributed by atoms with Crippen LogP contribution in [-0.2, 0) is 6.37 Å². The Balaban J connectivity index is 2.33. The van der Waals surface area contributed by atoms with Gasteiger partial charge >= 0.3 is 0 Å². The minimum atomic E-state index is -2.39. The van der Waals surface area contributed by atoms with E-state index in [1.807, 2.05) is 6.92 Å². The second-order valence-electron chi connectivity index (χ2n) is 6.88. The number of phenols is 1. The van der Waals surface area contributed by atoms with Crippen molar-refractivity contribution in [2.24, 2.45) is 5.92 Å². The summed E-state index contributed by atoms with van der Waals surface area (Å²) in [5.74, 6) is -2.96. The number of aromatic hydroxyl groups is 1. The van der Waals surface area contributed by atoms with E-state index in [1.165, 1.54) is 6.08 Å². The summed E-state index contributed by atoms with van der Waals surface area (Å²) < 4.78 is 72.7. The molecule has 2 heteroatoms. The minimum Gasteiger partial charge on any atom is -0.507 e. The molecular formula is C21H30O2. The Morgan fingerprint density at radius 3 is 3.04 bits per heavy atom. The molecule has 23 heavy (non-hydrogen) atoms. The summed E-state index contributed by atoms with van der Waals surface area (Å²) in [6.45, 7) is 3.04. The molecule has 0 radical (unpaired) electrons. The fourth-order valence-corrected chi connectivity index (χ4v) is 3.44. The van der Waals surface area contributed by atoms with E-state index in [0.717, 1.165) is 6.42 Å². The van der Waals surface area contributed by atoms with Crippen LogP contribution < -0.4 is 4.74 Å². The van der Waals surface area contributed by atoms with Crippen molar-refractivity contribution in [1.82, 2.24) is 0 Å². The summed E-state index contributed by atoms with van der Waals surface area (Å²) in [7, 11) is 0. The summed E-state index contributed by atoms with van der Waals surface area (Å²) in [5, 5.41) is 11.0. The van der Waals surface area contributed by atoms with Gasteiger partial charge in [0, 0.05) is 25.6 Å². The number of rotatable bonds is 4. The van der Waals surface area contributed by atoms with Gasteiger partial charge in [-0.05, 0) is 64.0 Å². The Kier molecular flexibility index (Phi) is 2.47. The van der Waals surface area contributed by atoms with Gasteiger partial charge in [-0.25, -0.2) is 0 Å². The van der Waals surface area contributed by atoms with Gasteiger partial charge in [0.15, 0.2) is 0 Å². The fourth-order valence-electron chi connectivity index (χ4n) is 3.44. The average Bonchev–Trinajstić information content (AvgIpc) is 2.62. The monoisotopic (exact) mass is 322 g/mol. The molecule has 2 atom stereocenters. The van der Waals surface area contributed by atoms with Gasteiger partial charge in [-0.1, -0.05) is 31.4 Å². The standard InChI is InChI=1S/C21H30O2/c1-5-6-7-8-15-12-18(22)20-16-11-14(2)9-10-17(16)21(3,4)23-19(20)13-15/h11-13,16-17,22H,5-10H2,1-4H3/t16-,17-/m1/s1/i2D3,8D2,12D,13D,16D. The first-order valence-corrected chi connectivity index (χ1v) is 8.36. The van der Waals surface area contributed by atoms with Crippen molar-refractivity contribution in [3.05, 3.63) is 34.9 Å². The number of phenolic OH excluding ortho intramolecular Hbond substituents is 1. The zero-order valence-electron chi connectivity index (χ0n) is 22.0. The second-order valence-corrected chi connectivity index (χ2v) is 6.88. The average molecular weight is 323 g/mol. The topological polar surface area (TPSA) is 29.5 Å². The van der Waals surface area contributed by atoms with E-state index in [-0.39, 0.29) is 41.3 Å². The number of benzene rings is 1. The molecule has 0 saturated heterocycles. The molecule has 1 heterocycles. The Morgan fingerprint density at radius 2 is 2.30 bits per heavy atom. The molecule has 1 aliphatic heterocycles. The van der Waals surface area contributed by atoms with Crippen LogP contribution in [0.3, 0.4) is 0 Å². The third-order valence-corrected chi connectivity index (χ3v) is 4.68. The van der Waals surface area contributed by atoms with Crippen molar-refractivity contribution in [3.8, 4) is 11.5 Å². The third kappa shape index (κ3) is 3.13. The van der Waals surface area contributed by atoms with Crippen LogP contribution in [0, 0.1) is 5.92 Å². The number of hydrogen-bond donors (Lipinski definition) is 1. The smallest absolute Gasteiger partial charge is 0.127 e. The first-order valence-electron chi connectivity index (χ1n) is 12.4. The molecule has 0 bridgehead atoms. The maximum Gasteiger partial charge on any atom is 0.127 e. The number of unbranched alkanes of at least 4 members (excludes halogenated alkanes) is 1. The van der Waals surface area contributed by atoms with Crippen LogP contribution in [0.5, 0.6) is 11.5 Å². The van der Waals surface area contributed by atoms with Crippen LogP contribution in [0.15, 0.2) is 23.7 Å². The van der Waals surface area contributed by atoms with Gasteiger partial charge in [0.25, 0.3) is 0 Å². The summed E-state index contributed by atoms with van der Waals surface area (Å²) in [6.07, 6.45) is 1.29. The molecule has 2 aliphatic rings. The predicted molar refractivity (Wildman–Crippen MR) is 95.3 cm³/mol. The molecule has 3 rings (SSSR count). The largest absolute Gasteiger partial charge is 0.507 e. The normalized spacial score (nSPS) is 34.6. The third-order valence-electron chi connectivity index (χ3n) is 4.68. The number of ether oxygens (including phenoxy) is 1. The first kappa shape index (κ1) is 9.15. The van der Waals surface area contributed by atoms with Crippen molar-refractivity contribution >= 4 is 0 Å². The van der Waals surface area contributed by atoms with E-state index >= 15 is 0 Å². The molecule has 2 nitrogen and oxygen atoms in total. The summed E-state index contributed by atoms with van der Waals surface area (Å²) in [5.41, 5.74) is -1.21. The second kappa shape index (κ2) is 6.22. The molecule has 0 aromatic heterocycles. The minimum absolute atomic E-state index is 0.0840. The Bertz CT molecular complexity index is 919. The Labute approximate surface area is 151 Å². The maximum absolute atomic E-state index is 11.0. The summed E-state index contributed by atoms with van der Waals surface area (Å²) >= 11 is 0. The predicted octanol–water partition coefficient (Wildman–Crippen LogP) is 5.74. The van der Waals surface area contributed by atoms with Gasteiger partial charge in [-0.2, -0.15) is 0 Å². The molecule has 0 spiro atoms. The maximum atomic E-state index is 11.0. The van der Waals surface area contributed by atoms with Crippen LogP contribution in [0.4, 0.5) is 0 Å². The van der Waals surface area contributed by atoms with Gasteiger partial charge in [0.2, 0.25) is 0 Å². The van der Waals surface area contributed by atoms with E-state index in [4.69, 9.17) is 14.3 Å². The lowest BCUT2D eigenvalue weighted by Crippen LogP contribution is -2.45. The lowest BCUT2D eigenvalue weighted by molar-refractivity contribution is 0.0107. The van der Waals surface area contributed by atoms with Crippen LogP contribution in [0.2, 0.25) is 0 Å². The highest BCUT2D eigenvalue weighted by Crippen LogP contribution is 2.53. The van der Waals surface area contributed by atoms with Gasteiger partial charge in [0.05, 0.1) is 2.74 Å². The molecule has 0 amide bonds. The van der Waals surface area contributed by atoms with E-state index in [1.54, 1.807) is 13.8 Å². The van der Waals surface area contributed by atoms with Crippen molar-refractivity contribution in [3.63, 3.8) is 0 Å². The first-order chi connectivity index (χ1) is 14.1. The van der Waals surface area contributed by atoms with Crippen molar-refractivity contribution in [2.75, 3.05) is 0 Å². The zero-order chi connectivity index (χ0) is 23.6. The lowest BCUT2D eigenvalue weighted by Gasteiger charge is -2.46. The number of hydrogen-bond acceptors (Lipinski definition) is 2. The Morgan fingerprint density at radius 1 is 1.48 bits per heavy atom. The van der Waals surface area contributed by atoms with Crippen molar-refractivity contribution in [2.45, 2.75) is 77.6 Å². The molecular weight excluding hydrogens is 284 g/mol. The molecule has 1 N–H and O–H groups in total. The van der Waals surface area contributed by atoms with Crippen LogP contribution in [0.1, 0.15) is 87.7 Å². The van der Waals surface area contributed by atoms with Gasteiger partial charge < -0.3 is 9.84 Å². The molecule has 0 fully saturated rings. The van der Waals surface area contributed by atoms with Gasteiger partial charge in [0.1, 0.15) is 17.1 Å². The lowest BCUT2D eigenvalue weighted by atomic mass is 9.68. The van der Waals surface area contributed by atoms with Gasteiger partial charge in [-0.15, -0.1) is 0 Å². The van der Waals surface area contributed by atoms with E-state index < -0.39 is 42.4 Å². The van der Waals surface area contributed by atoms with Crippen LogP contribution >= 0.6 is 0 Å². The van der Waals surface area contributed by atoms with Gasteiger partial charge in [-0.3, -0.25) is 0 Å². The fraction of sp³-hybridized carbons (Fsp3) is 0.619. The molecule has 0 saturated carbocycles. The van der Waals surface area contributed by atoms with Crippen LogP contribution in [-0.4, -0.2) is 10.7 Å². The van der Waals surface area contributed by atoms with Crippen molar-refractivity contribution < 1.29 is 20.8 Å². The molecule has 1 aliphatic carbocycles. The highest BCUT2D eigenvalue weighted by atomic mass is 16.5. The van der Waals surface area contributed by atoms with E-state index in [9.17, 15) is 6.48 Å². The van der Waals surface area contributed by atoms with Crippen LogP contribution in [0.25, 0.3) is 0 Å². The molecule has 1 aromatic carbocycles. The zero-order valence-corrected chi connectivity index (χ0v) is 14.0. The molecule has 0 unspecified atom stereocenters. The highest BCUT2D eigenvalue weighted by Gasteiger charge is 2.45. The highest BCUT2D eigenvalue weighted by molar-refractivity contribution is 5.53. The summed E-state index contributed by atoms with van der Waals surface area (Å²) in [4.78, 5) is 0. The SMILES string of the molecule is [2H]c1c(O)c2c(c([2H])c1C([2H])([2H])CCCC)OC(C)(C)[C@@H]1CCC(C([2H])([2H])[2H])=C[C@@]21[2H]. The molecule has 126 valence electrons. The molecule has 1 aromatic rings. The Hall–Kier alpha value is -1.44. The number of fused-ring (bicyclic) bond motifs is 3. The summed E-state index contributed by atoms with van der Waals surface area (Å²) in [6, 6.07) is -0.889. The van der Waals surface area contributed by atoms with Crippen molar-refractivity contribution in [1.29, 1.82) is 0 Å².